The van der Waals surface area contributed by atoms with Gasteiger partial charge in [-0.05, 0) is 24.5 Å². The van der Waals surface area contributed by atoms with Crippen molar-refractivity contribution in [2.75, 3.05) is 6.61 Å². The second kappa shape index (κ2) is 20.0. The topological polar surface area (TPSA) is 26.3 Å². The van der Waals surface area contributed by atoms with Crippen LogP contribution in [0.25, 0.3) is 0 Å². The first-order chi connectivity index (χ1) is 5.97. The van der Waals surface area contributed by atoms with Gasteiger partial charge in [-0.15, -0.1) is 0 Å². The SMILES string of the molecule is [Ca+2].[Ce].[H-].[H-].[H-].[H-].[La].[O]=[Zr].[Sr+2].c1ccc2c(c1)CCCO2. The molecule has 1 aromatic rings. The normalized spacial score (nSPS) is 9.94. The molecule has 1 radical (unpaired) electrons. The van der Waals surface area contributed by atoms with Gasteiger partial charge in [-0.2, -0.15) is 0 Å². The molecule has 0 saturated carbocycles. The molecule has 0 bridgehead atoms. The van der Waals surface area contributed by atoms with Crippen molar-refractivity contribution in [1.82, 2.24) is 0 Å². The summed E-state index contributed by atoms with van der Waals surface area (Å²) in [7, 11) is 0. The first-order valence-corrected chi connectivity index (χ1v) is 4.88. The Kier molecular flexibility index (Phi) is 36.4. The van der Waals surface area contributed by atoms with E-state index in [9.17, 15) is 0 Å². The Morgan fingerprint density at radius 3 is 2.38 bits per heavy atom. The Balaban J connectivity index is -0.0000000231. The molecule has 2 rings (SSSR count). The molecule has 1 aliphatic rings. The molecule has 16 heavy (non-hydrogen) atoms. The van der Waals surface area contributed by atoms with E-state index in [0.29, 0.717) is 24.7 Å². The largest absolute Gasteiger partial charge is 2.00 e. The van der Waals surface area contributed by atoms with E-state index in [1.165, 1.54) is 12.0 Å². The second-order valence-electron chi connectivity index (χ2n) is 2.56. The quantitative estimate of drug-likeness (QED) is 0.399. The first kappa shape index (κ1) is 29.1. The number of para-hydroxylation sites is 1. The van der Waals surface area contributed by atoms with Crippen LogP contribution in [0, 0.1) is 77.3 Å². The van der Waals surface area contributed by atoms with E-state index in [-0.39, 0.29) is 166 Å². The maximum atomic E-state index is 8.34. The van der Waals surface area contributed by atoms with Crippen LogP contribution >= 0.6 is 0 Å². The van der Waals surface area contributed by atoms with E-state index in [1.807, 2.05) is 12.1 Å². The minimum Gasteiger partial charge on any atom is -0.493 e. The van der Waals surface area contributed by atoms with E-state index >= 15 is 0 Å². The van der Waals surface area contributed by atoms with Gasteiger partial charge in [-0.1, -0.05) is 18.2 Å². The Morgan fingerprint density at radius 1 is 1.25 bits per heavy atom. The van der Waals surface area contributed by atoms with Crippen LogP contribution in [0.3, 0.4) is 0 Å². The average Bonchev–Trinajstić information content (AvgIpc) is 2.21. The van der Waals surface area contributed by atoms with Crippen molar-refractivity contribution in [1.29, 1.82) is 0 Å². The summed E-state index contributed by atoms with van der Waals surface area (Å²) in [5, 5.41) is 0. The van der Waals surface area contributed by atoms with Crippen LogP contribution in [0.4, 0.5) is 0 Å². The first-order valence-electron chi connectivity index (χ1n) is 3.88. The van der Waals surface area contributed by atoms with E-state index < -0.39 is 0 Å². The van der Waals surface area contributed by atoms with Crippen molar-refractivity contribution in [3.05, 3.63) is 29.8 Å². The van der Waals surface area contributed by atoms with Crippen LogP contribution in [0.1, 0.15) is 17.7 Å². The number of rotatable bonds is 0. The monoisotopic (exact) mass is 651 g/mol. The van der Waals surface area contributed by atoms with Crippen molar-refractivity contribution in [3.63, 3.8) is 0 Å². The number of aryl methyl sites for hydroxylation is 1. The molecule has 0 spiro atoms. The molecule has 1 heterocycles. The molecule has 2 nitrogen and oxygen atoms in total. The predicted octanol–water partition coefficient (Wildman–Crippen LogP) is 1.58. The average molecular weight is 652 g/mol. The fourth-order valence-electron chi connectivity index (χ4n) is 1.30. The van der Waals surface area contributed by atoms with Crippen LogP contribution < -0.4 is 4.74 Å². The summed E-state index contributed by atoms with van der Waals surface area (Å²) in [6, 6.07) is 8.25. The molecule has 7 heteroatoms. The maximum absolute atomic E-state index is 8.34. The molecule has 0 amide bonds. The van der Waals surface area contributed by atoms with Crippen molar-refractivity contribution in [2.24, 2.45) is 0 Å². The van der Waals surface area contributed by atoms with Crippen LogP contribution in [0.2, 0.25) is 0 Å². The molecule has 1 aliphatic heterocycles. The zero-order chi connectivity index (χ0) is 8.81. The molecule has 0 aromatic heterocycles. The minimum atomic E-state index is 0. The summed E-state index contributed by atoms with van der Waals surface area (Å²) in [5.41, 5.74) is 1.36. The summed E-state index contributed by atoms with van der Waals surface area (Å²) in [6.45, 7) is 0.886. The molecular formula is C9H14CaCeLaO2SrZr. The Hall–Kier alpha value is 5.01. The van der Waals surface area contributed by atoms with Gasteiger partial charge in [0, 0.05) is 77.3 Å². The third-order valence-electron chi connectivity index (χ3n) is 1.82. The number of hydrogen-bond donors (Lipinski definition) is 0. The van der Waals surface area contributed by atoms with Gasteiger partial charge in [-0.25, -0.2) is 0 Å². The summed E-state index contributed by atoms with van der Waals surface area (Å²) in [4.78, 5) is 0. The Bertz CT molecular complexity index is 260. The van der Waals surface area contributed by atoms with Crippen molar-refractivity contribution < 1.29 is 115 Å². The molecule has 77 valence electrons. The van der Waals surface area contributed by atoms with Gasteiger partial charge >= 0.3 is 111 Å². The second-order valence-corrected chi connectivity index (χ2v) is 2.56. The van der Waals surface area contributed by atoms with E-state index in [2.05, 4.69) is 12.1 Å². The molecule has 0 atom stereocenters. The molecule has 0 N–H and O–H groups in total. The predicted molar refractivity (Wildman–Crippen MR) is 56.9 cm³/mol. The molecule has 0 fully saturated rings. The molecule has 0 aliphatic carbocycles. The standard InChI is InChI=1S/C9H10O.Ca.Ce.La.O.Sr.Zr.4H/c1-2-6-9-8(4-1)5-3-7-10-9;;;;;;;;;;/h1-2,4,6H,3,5,7H2;;;;;;;;;;/q;+2;;;;+2;;4*-1. The van der Waals surface area contributed by atoms with Gasteiger partial charge in [0.1, 0.15) is 5.75 Å². The fourth-order valence-corrected chi connectivity index (χ4v) is 1.30. The summed E-state index contributed by atoms with van der Waals surface area (Å²) < 4.78 is 13.8. The van der Waals surface area contributed by atoms with Gasteiger partial charge in [0.2, 0.25) is 0 Å². The van der Waals surface area contributed by atoms with Crippen LogP contribution in [0.5, 0.6) is 5.75 Å². The van der Waals surface area contributed by atoms with Crippen LogP contribution in [-0.4, -0.2) is 89.8 Å². The zero-order valence-corrected chi connectivity index (χ0v) is 24.1. The smallest absolute Gasteiger partial charge is 0.493 e. The minimum absolute atomic E-state index is 0. The Labute approximate surface area is 247 Å². The summed E-state index contributed by atoms with van der Waals surface area (Å²) in [6.07, 6.45) is 2.34. The Morgan fingerprint density at radius 2 is 1.81 bits per heavy atom. The molecule has 0 saturated heterocycles. The van der Waals surface area contributed by atoms with Crippen molar-refractivity contribution >= 4 is 83.2 Å². The van der Waals surface area contributed by atoms with Gasteiger partial charge in [0.05, 0.1) is 6.61 Å². The third-order valence-corrected chi connectivity index (χ3v) is 1.82. The number of benzene rings is 1. The van der Waals surface area contributed by atoms with Gasteiger partial charge in [0.25, 0.3) is 0 Å². The fraction of sp³-hybridized carbons (Fsp3) is 0.333. The van der Waals surface area contributed by atoms with E-state index in [1.54, 1.807) is 0 Å². The molecule has 0 unspecified atom stereocenters. The number of hydrogen-bond acceptors (Lipinski definition) is 2. The molecule has 1 aromatic carbocycles. The zero-order valence-electron chi connectivity index (χ0n) is 13.2. The van der Waals surface area contributed by atoms with Gasteiger partial charge in [0.15, 0.2) is 0 Å². The van der Waals surface area contributed by atoms with Crippen LogP contribution in [0.15, 0.2) is 24.3 Å². The summed E-state index contributed by atoms with van der Waals surface area (Å²) in [5.74, 6) is 1.08. The van der Waals surface area contributed by atoms with Crippen LogP contribution in [-0.2, 0) is 34.0 Å². The third kappa shape index (κ3) is 11.7. The summed E-state index contributed by atoms with van der Waals surface area (Å²) >= 11 is 0.300. The van der Waals surface area contributed by atoms with Crippen molar-refractivity contribution in [2.45, 2.75) is 12.8 Å². The van der Waals surface area contributed by atoms with Gasteiger partial charge in [-0.3, -0.25) is 0 Å². The molecular weight excluding hydrogens is 638 g/mol. The van der Waals surface area contributed by atoms with E-state index in [4.69, 9.17) is 7.55 Å². The van der Waals surface area contributed by atoms with Crippen molar-refractivity contribution in [3.8, 4) is 5.75 Å². The maximum Gasteiger partial charge on any atom is 2.00 e. The van der Waals surface area contributed by atoms with E-state index in [0.717, 1.165) is 18.8 Å². The number of fused-ring (bicyclic) bond motifs is 1. The number of ether oxygens (including phenoxy) is 1. The van der Waals surface area contributed by atoms with Gasteiger partial charge < -0.3 is 10.4 Å².